The first-order valence-electron chi connectivity index (χ1n) is 9.16. The molecule has 3 rings (SSSR count). The zero-order valence-electron chi connectivity index (χ0n) is 15.5. The van der Waals surface area contributed by atoms with Crippen LogP contribution in [0.15, 0.2) is 12.1 Å². The van der Waals surface area contributed by atoms with E-state index < -0.39 is 10.8 Å². The van der Waals surface area contributed by atoms with Gasteiger partial charge in [0.2, 0.25) is 0 Å². The van der Waals surface area contributed by atoms with Crippen LogP contribution in [-0.2, 0) is 14.3 Å². The maximum Gasteiger partial charge on any atom is 0.311 e. The molecule has 2 aliphatic carbocycles. The second kappa shape index (κ2) is 7.94. The average Bonchev–Trinajstić information content (AvgIpc) is 3.24. The van der Waals surface area contributed by atoms with Crippen molar-refractivity contribution in [2.45, 2.75) is 39.0 Å². The van der Waals surface area contributed by atoms with Crippen LogP contribution in [-0.4, -0.2) is 30.5 Å². The molecule has 2 saturated carbocycles. The number of nitrogens with zero attached hydrogens (tertiary/aromatic N) is 1. The monoisotopic (exact) mass is 376 g/mol. The number of ether oxygens (including phenoxy) is 2. The van der Waals surface area contributed by atoms with Gasteiger partial charge in [-0.15, -0.1) is 0 Å². The predicted molar refractivity (Wildman–Crippen MR) is 97.5 cm³/mol. The summed E-state index contributed by atoms with van der Waals surface area (Å²) in [5.74, 6) is 0.994. The largest absolute Gasteiger partial charge is 0.490 e. The Morgan fingerprint density at radius 2 is 2.07 bits per heavy atom. The number of anilines is 1. The number of carbonyl (C=O) groups is 2. The molecular weight excluding hydrogens is 352 g/mol. The number of rotatable bonds is 7. The fraction of sp³-hybridized carbons (Fsp3) is 0.579. The number of benzene rings is 1. The minimum Gasteiger partial charge on any atom is -0.490 e. The summed E-state index contributed by atoms with van der Waals surface area (Å²) < 4.78 is 10.1. The van der Waals surface area contributed by atoms with Gasteiger partial charge in [0.05, 0.1) is 12.0 Å². The Hall–Kier alpha value is -2.64. The highest BCUT2D eigenvalue weighted by atomic mass is 16.6. The van der Waals surface area contributed by atoms with Gasteiger partial charge in [0, 0.05) is 24.2 Å². The summed E-state index contributed by atoms with van der Waals surface area (Å²) >= 11 is 0. The highest BCUT2D eigenvalue weighted by Crippen LogP contribution is 2.49. The molecule has 3 atom stereocenters. The molecule has 1 amide bonds. The number of nitro benzene ring substituents is 1. The van der Waals surface area contributed by atoms with Gasteiger partial charge < -0.3 is 14.8 Å². The fourth-order valence-electron chi connectivity index (χ4n) is 4.35. The molecule has 0 radical (unpaired) electrons. The second-order valence-electron chi connectivity index (χ2n) is 7.44. The number of esters is 1. The van der Waals surface area contributed by atoms with Crippen molar-refractivity contribution in [3.05, 3.63) is 27.8 Å². The van der Waals surface area contributed by atoms with Crippen LogP contribution in [0.4, 0.5) is 11.4 Å². The number of nitro groups is 1. The Labute approximate surface area is 157 Å². The average molecular weight is 376 g/mol. The highest BCUT2D eigenvalue weighted by molar-refractivity contribution is 5.94. The summed E-state index contributed by atoms with van der Waals surface area (Å²) in [6.45, 7) is 1.27. The summed E-state index contributed by atoms with van der Waals surface area (Å²) in [4.78, 5) is 34.6. The van der Waals surface area contributed by atoms with E-state index in [4.69, 9.17) is 9.47 Å². The molecule has 1 aromatic carbocycles. The molecule has 0 saturated heterocycles. The van der Waals surface area contributed by atoms with Crippen molar-refractivity contribution in [2.24, 2.45) is 17.8 Å². The van der Waals surface area contributed by atoms with Crippen LogP contribution in [0.1, 0.15) is 37.7 Å². The smallest absolute Gasteiger partial charge is 0.311 e. The van der Waals surface area contributed by atoms with Gasteiger partial charge in [-0.3, -0.25) is 19.7 Å². The molecule has 0 aromatic heterocycles. The maximum atomic E-state index is 12.1. The molecule has 8 nitrogen and oxygen atoms in total. The molecule has 0 aliphatic heterocycles. The van der Waals surface area contributed by atoms with Gasteiger partial charge in [0.1, 0.15) is 0 Å². The van der Waals surface area contributed by atoms with Crippen LogP contribution in [0.2, 0.25) is 0 Å². The lowest BCUT2D eigenvalue weighted by Crippen LogP contribution is -2.23. The highest BCUT2D eigenvalue weighted by Gasteiger charge is 2.40. The number of hydrogen-bond donors (Lipinski definition) is 1. The van der Waals surface area contributed by atoms with Gasteiger partial charge in [0.25, 0.3) is 5.91 Å². The molecule has 2 fully saturated rings. The van der Waals surface area contributed by atoms with Gasteiger partial charge in [0.15, 0.2) is 12.4 Å². The van der Waals surface area contributed by atoms with Gasteiger partial charge in [-0.2, -0.15) is 0 Å². The van der Waals surface area contributed by atoms with Gasteiger partial charge in [-0.25, -0.2) is 0 Å². The molecule has 2 bridgehead atoms. The van der Waals surface area contributed by atoms with E-state index in [1.54, 1.807) is 6.92 Å². The number of methoxy groups -OCH3 is 1. The Morgan fingerprint density at radius 1 is 1.30 bits per heavy atom. The first-order chi connectivity index (χ1) is 12.9. The van der Waals surface area contributed by atoms with Crippen molar-refractivity contribution in [3.63, 3.8) is 0 Å². The summed E-state index contributed by atoms with van der Waals surface area (Å²) in [7, 11) is 1.32. The first-order valence-corrected chi connectivity index (χ1v) is 9.16. The van der Waals surface area contributed by atoms with Crippen molar-refractivity contribution in [1.82, 2.24) is 0 Å². The molecule has 0 unspecified atom stereocenters. The van der Waals surface area contributed by atoms with Crippen LogP contribution in [0.3, 0.4) is 0 Å². The van der Waals surface area contributed by atoms with Crippen LogP contribution in [0.5, 0.6) is 5.75 Å². The third-order valence-corrected chi connectivity index (χ3v) is 5.67. The molecule has 0 heterocycles. The van der Waals surface area contributed by atoms with E-state index in [9.17, 15) is 19.7 Å². The molecule has 2 aliphatic rings. The molecule has 1 aromatic rings. The summed E-state index contributed by atoms with van der Waals surface area (Å²) in [6.07, 6.45) is 5.16. The second-order valence-corrected chi connectivity index (χ2v) is 7.44. The van der Waals surface area contributed by atoms with Crippen molar-refractivity contribution >= 4 is 23.3 Å². The standard InChI is InChI=1S/C19H24N2O6/c1-11-5-16(21(24)25)17(26-2)9-15(11)20-18(22)10-27-19(23)8-14-7-12-3-4-13(14)6-12/h5,9,12-14H,3-4,6-8,10H2,1-2H3,(H,20,22)/t12-,13-,14-/m0/s1. The van der Waals surface area contributed by atoms with E-state index in [0.717, 1.165) is 12.3 Å². The van der Waals surface area contributed by atoms with Crippen molar-refractivity contribution in [3.8, 4) is 5.75 Å². The lowest BCUT2D eigenvalue weighted by atomic mass is 9.86. The summed E-state index contributed by atoms with van der Waals surface area (Å²) in [6, 6.07) is 2.72. The Kier molecular flexibility index (Phi) is 5.62. The Bertz CT molecular complexity index is 763. The van der Waals surface area contributed by atoms with E-state index in [1.807, 2.05) is 0 Å². The summed E-state index contributed by atoms with van der Waals surface area (Å²) in [5.41, 5.74) is 0.723. The third-order valence-electron chi connectivity index (χ3n) is 5.67. The molecule has 1 N–H and O–H groups in total. The number of nitrogens with one attached hydrogen (secondary N) is 1. The number of fused-ring (bicyclic) bond motifs is 2. The van der Waals surface area contributed by atoms with Gasteiger partial charge in [-0.1, -0.05) is 6.42 Å². The van der Waals surface area contributed by atoms with E-state index in [2.05, 4.69) is 5.32 Å². The third kappa shape index (κ3) is 4.37. The zero-order valence-corrected chi connectivity index (χ0v) is 15.5. The van der Waals surface area contributed by atoms with E-state index in [0.29, 0.717) is 29.5 Å². The van der Waals surface area contributed by atoms with Crippen LogP contribution < -0.4 is 10.1 Å². The molecule has 146 valence electrons. The van der Waals surface area contributed by atoms with Crippen molar-refractivity contribution in [1.29, 1.82) is 0 Å². The topological polar surface area (TPSA) is 108 Å². The van der Waals surface area contributed by atoms with Gasteiger partial charge >= 0.3 is 11.7 Å². The van der Waals surface area contributed by atoms with Crippen LogP contribution in [0.25, 0.3) is 0 Å². The van der Waals surface area contributed by atoms with Gasteiger partial charge in [-0.05, 0) is 49.5 Å². The molecule has 8 heteroatoms. The minimum absolute atomic E-state index is 0.0502. The SMILES string of the molecule is COc1cc(NC(=O)COC(=O)C[C@@H]2C[C@H]3CC[C@H]2C3)c(C)cc1[N+](=O)[O-]. The first kappa shape index (κ1) is 19.1. The maximum absolute atomic E-state index is 12.1. The quantitative estimate of drug-likeness (QED) is 0.445. The fourth-order valence-corrected chi connectivity index (χ4v) is 4.35. The minimum atomic E-state index is -0.547. The van der Waals surface area contributed by atoms with Crippen LogP contribution in [0, 0.1) is 34.8 Å². The predicted octanol–water partition coefficient (Wildman–Crippen LogP) is 3.22. The van der Waals surface area contributed by atoms with E-state index >= 15 is 0 Å². The molecule has 27 heavy (non-hydrogen) atoms. The van der Waals surface area contributed by atoms with Crippen molar-refractivity contribution in [2.75, 3.05) is 19.0 Å². The summed E-state index contributed by atoms with van der Waals surface area (Å²) in [5, 5.41) is 13.6. The molecular formula is C19H24N2O6. The number of aryl methyl sites for hydroxylation is 1. The number of hydrogen-bond acceptors (Lipinski definition) is 6. The lowest BCUT2D eigenvalue weighted by molar-refractivity contribution is -0.385. The van der Waals surface area contributed by atoms with E-state index in [1.165, 1.54) is 38.5 Å². The number of amides is 1. The number of carbonyl (C=O) groups excluding carboxylic acids is 2. The van der Waals surface area contributed by atoms with Crippen LogP contribution >= 0.6 is 0 Å². The molecule has 0 spiro atoms. The zero-order chi connectivity index (χ0) is 19.6. The van der Waals surface area contributed by atoms with Crippen molar-refractivity contribution < 1.29 is 24.0 Å². The Morgan fingerprint density at radius 3 is 2.67 bits per heavy atom. The van der Waals surface area contributed by atoms with E-state index in [-0.39, 0.29) is 24.0 Å². The lowest BCUT2D eigenvalue weighted by Gasteiger charge is -2.20. The Balaban J connectivity index is 1.51. The normalized spacial score (nSPS) is 23.1.